The Bertz CT molecular complexity index is 2090. The van der Waals surface area contributed by atoms with Crippen LogP contribution in [0.4, 0.5) is 0 Å². The second-order valence-electron chi connectivity index (χ2n) is 11.3. The molecular formula is C34H27Br5N4O9. The first-order chi connectivity index (χ1) is 24.8. The van der Waals surface area contributed by atoms with Crippen LogP contribution < -0.4 is 20.1 Å². The van der Waals surface area contributed by atoms with Gasteiger partial charge >= 0.3 is 0 Å². The lowest BCUT2D eigenvalue weighted by Gasteiger charge is -2.18. The second-order valence-corrected chi connectivity index (χ2v) is 15.6. The van der Waals surface area contributed by atoms with Gasteiger partial charge in [-0.3, -0.25) is 9.59 Å². The normalized spacial score (nSPS) is 17.5. The van der Waals surface area contributed by atoms with Gasteiger partial charge in [-0.2, -0.15) is 0 Å². The maximum absolute atomic E-state index is 13.0. The summed E-state index contributed by atoms with van der Waals surface area (Å²) in [5.41, 5.74) is 1.70. The van der Waals surface area contributed by atoms with Crippen LogP contribution in [0.2, 0.25) is 0 Å². The van der Waals surface area contributed by atoms with Crippen molar-refractivity contribution in [2.75, 3.05) is 13.1 Å². The average molecular weight is 1040 g/mol. The van der Waals surface area contributed by atoms with Crippen LogP contribution in [-0.2, 0) is 28.9 Å². The Morgan fingerprint density at radius 1 is 0.635 bits per heavy atom. The van der Waals surface area contributed by atoms with E-state index < -0.39 is 17.9 Å². The molecule has 0 aliphatic carbocycles. The molecule has 4 aliphatic rings. The maximum Gasteiger partial charge on any atom is 0.269 e. The molecule has 0 spiro atoms. The fourth-order valence-corrected chi connectivity index (χ4v) is 7.90. The fraction of sp³-hybridized carbons (Fsp3) is 0.176. The van der Waals surface area contributed by atoms with E-state index >= 15 is 0 Å². The molecule has 4 aromatic rings. The van der Waals surface area contributed by atoms with Gasteiger partial charge in [0.2, 0.25) is 0 Å². The number of phenols is 2. The number of nitrogens with one attached hydrogen (secondary N) is 2. The molecular weight excluding hydrogens is 1010 g/mol. The van der Waals surface area contributed by atoms with Crippen molar-refractivity contribution in [3.05, 3.63) is 99.2 Å². The molecule has 1 unspecified atom stereocenters. The minimum atomic E-state index is -1.19. The number of hydrogen-bond donors (Lipinski definition) is 7. The van der Waals surface area contributed by atoms with Gasteiger partial charge in [-0.1, -0.05) is 16.4 Å². The summed E-state index contributed by atoms with van der Waals surface area (Å²) in [5, 5.41) is 63.5. The summed E-state index contributed by atoms with van der Waals surface area (Å²) in [7, 11) is 0. The van der Waals surface area contributed by atoms with E-state index in [0.29, 0.717) is 52.3 Å². The van der Waals surface area contributed by atoms with Gasteiger partial charge in [-0.15, -0.1) is 0 Å². The van der Waals surface area contributed by atoms with Gasteiger partial charge in [0.15, 0.2) is 28.7 Å². The smallest absolute Gasteiger partial charge is 0.269 e. The number of benzene rings is 4. The number of amides is 2. The Morgan fingerprint density at radius 2 is 1.17 bits per heavy atom. The number of carbonyl (C=O) groups excluding carboxylic acids is 2. The maximum atomic E-state index is 13.0. The number of rotatable bonds is 0. The van der Waals surface area contributed by atoms with Crippen LogP contribution in [0.3, 0.4) is 0 Å². The molecule has 7 N–H and O–H groups in total. The molecule has 0 aromatic heterocycles. The molecule has 13 nitrogen and oxygen atoms in total. The molecule has 0 saturated carbocycles. The molecule has 0 radical (unpaired) electrons. The lowest BCUT2D eigenvalue weighted by molar-refractivity contribution is -0.116. The number of aliphatic hydroxyl groups is 1. The Kier molecular flexibility index (Phi) is 13.2. The van der Waals surface area contributed by atoms with Crippen LogP contribution in [0.1, 0.15) is 28.4 Å². The quantitative estimate of drug-likeness (QED) is 0.0679. The van der Waals surface area contributed by atoms with Gasteiger partial charge in [0.25, 0.3) is 11.8 Å². The van der Waals surface area contributed by atoms with Crippen molar-refractivity contribution in [3.8, 4) is 34.5 Å². The highest BCUT2D eigenvalue weighted by Gasteiger charge is 2.22. The summed E-state index contributed by atoms with van der Waals surface area (Å²) in [6.07, 6.45) is -1.07. The number of aromatic hydroxyl groups is 2. The lowest BCUT2D eigenvalue weighted by Crippen LogP contribution is -2.35. The Balaban J connectivity index is 1.49. The molecule has 52 heavy (non-hydrogen) atoms. The van der Waals surface area contributed by atoms with Crippen molar-refractivity contribution in [3.63, 3.8) is 0 Å². The number of oxime groups is 2. The largest absolute Gasteiger partial charge is 0.503 e. The molecule has 8 bridgehead atoms. The standard InChI is InChI=1S/C34H27Br5N4O9/c35-19-5-15-1-2-27(19)51-28-11-17(7-21(37)30(28)45)9-25(43-50)34(48)41-14-26(44)18-12-22(38)32(23(39)13-18)52-29-10-16(6-20(36)31(29)46)3-4-40-33(47)24(8-15)42-49/h1-2,5-7,10-13,26,44-46,49-50H,3-4,8-9,14H2,(H,40,47)(H,41,48)/b42-24-,43-25-. The van der Waals surface area contributed by atoms with Gasteiger partial charge in [0.1, 0.15) is 17.2 Å². The van der Waals surface area contributed by atoms with E-state index in [1.807, 2.05) is 0 Å². The van der Waals surface area contributed by atoms with E-state index in [0.717, 1.165) is 0 Å². The van der Waals surface area contributed by atoms with Crippen LogP contribution >= 0.6 is 79.6 Å². The number of carbonyl (C=O) groups is 2. The van der Waals surface area contributed by atoms with Gasteiger partial charge in [0, 0.05) is 25.9 Å². The van der Waals surface area contributed by atoms with Crippen LogP contribution in [-0.4, -0.2) is 62.1 Å². The third-order valence-electron chi connectivity index (χ3n) is 7.67. The van der Waals surface area contributed by atoms with Crippen LogP contribution in [0.15, 0.2) is 87.3 Å². The second kappa shape index (κ2) is 17.4. The van der Waals surface area contributed by atoms with Crippen molar-refractivity contribution >= 4 is 103 Å². The summed E-state index contributed by atoms with van der Waals surface area (Å²) in [4.78, 5) is 26.0. The first kappa shape index (κ1) is 39.5. The highest BCUT2D eigenvalue weighted by molar-refractivity contribution is 9.11. The monoisotopic (exact) mass is 1030 g/mol. The number of aliphatic hydroxyl groups excluding tert-OH is 1. The van der Waals surface area contributed by atoms with Crippen molar-refractivity contribution in [2.45, 2.75) is 25.4 Å². The van der Waals surface area contributed by atoms with Gasteiger partial charge < -0.3 is 45.8 Å². The minimum Gasteiger partial charge on any atom is -0.503 e. The molecule has 1 atom stereocenters. The predicted octanol–water partition coefficient (Wildman–Crippen LogP) is 7.76. The molecule has 8 rings (SSSR count). The first-order valence-electron chi connectivity index (χ1n) is 15.1. The summed E-state index contributed by atoms with van der Waals surface area (Å²) in [5.74, 6) is -1.06. The van der Waals surface area contributed by atoms with E-state index in [1.54, 1.807) is 42.5 Å². The molecule has 0 fully saturated rings. The summed E-state index contributed by atoms with van der Waals surface area (Å²) in [6.45, 7) is -0.0855. The van der Waals surface area contributed by atoms with Crippen molar-refractivity contribution in [2.24, 2.45) is 10.3 Å². The first-order valence-corrected chi connectivity index (χ1v) is 19.1. The SMILES string of the molecule is O=C1NCCc2cc(Br)c(O)c(c2)Oc2c(Br)cc(cc2Br)C(O)CNC(=O)/C(=N\O)Cc2cc(Br)c(O)c(c2)Oc2ccc(cc2Br)C/C1=N/O. The van der Waals surface area contributed by atoms with Gasteiger partial charge in [-0.25, -0.2) is 0 Å². The molecule has 4 heterocycles. The Morgan fingerprint density at radius 3 is 1.79 bits per heavy atom. The van der Waals surface area contributed by atoms with Crippen molar-refractivity contribution in [1.29, 1.82) is 0 Å². The summed E-state index contributed by atoms with van der Waals surface area (Å²) in [6, 6.07) is 14.3. The third kappa shape index (κ3) is 9.45. The third-order valence-corrected chi connectivity index (χ3v) is 10.7. The lowest BCUT2D eigenvalue weighted by atomic mass is 10.1. The predicted molar refractivity (Wildman–Crippen MR) is 208 cm³/mol. The van der Waals surface area contributed by atoms with E-state index in [9.17, 15) is 35.3 Å². The van der Waals surface area contributed by atoms with Crippen molar-refractivity contribution < 1.29 is 44.8 Å². The average Bonchev–Trinajstić information content (AvgIpc) is 3.10. The molecule has 272 valence electrons. The van der Waals surface area contributed by atoms with Crippen LogP contribution in [0.25, 0.3) is 0 Å². The van der Waals surface area contributed by atoms with E-state index in [-0.39, 0.29) is 70.6 Å². The topological polar surface area (TPSA) is 203 Å². The number of phenolic OH excluding ortho intramolecular Hbond substituents is 2. The molecule has 2 amide bonds. The van der Waals surface area contributed by atoms with Crippen molar-refractivity contribution in [1.82, 2.24) is 10.6 Å². The van der Waals surface area contributed by atoms with Gasteiger partial charge in [0.05, 0.1) is 28.5 Å². The Labute approximate surface area is 338 Å². The zero-order chi connectivity index (χ0) is 37.7. The zero-order valence-corrected chi connectivity index (χ0v) is 34.4. The van der Waals surface area contributed by atoms with Crippen LogP contribution in [0, 0.1) is 0 Å². The van der Waals surface area contributed by atoms with E-state index in [2.05, 4.69) is 101 Å². The highest BCUT2D eigenvalue weighted by Crippen LogP contribution is 2.44. The van der Waals surface area contributed by atoms with Gasteiger partial charge in [-0.05, 0) is 157 Å². The molecule has 0 saturated heterocycles. The van der Waals surface area contributed by atoms with E-state index in [4.69, 9.17) is 9.47 Å². The summed E-state index contributed by atoms with van der Waals surface area (Å²) >= 11 is 17.0. The minimum absolute atomic E-state index is 0.0208. The molecule has 4 aliphatic heterocycles. The highest BCUT2D eigenvalue weighted by atomic mass is 79.9. The number of hydrogen-bond acceptors (Lipinski definition) is 11. The fourth-order valence-electron chi connectivity index (χ4n) is 5.03. The number of ether oxygens (including phenoxy) is 2. The van der Waals surface area contributed by atoms with E-state index in [1.165, 1.54) is 12.1 Å². The summed E-state index contributed by atoms with van der Waals surface area (Å²) < 4.78 is 13.9. The molecule has 4 aromatic carbocycles. The molecule has 18 heteroatoms. The Hall–Kier alpha value is -3.68. The number of nitrogens with zero attached hydrogens (tertiary/aromatic N) is 2. The zero-order valence-electron chi connectivity index (χ0n) is 26.5. The van der Waals surface area contributed by atoms with Crippen LogP contribution in [0.5, 0.6) is 34.5 Å². The number of halogens is 5.